The summed E-state index contributed by atoms with van der Waals surface area (Å²) in [5, 5.41) is 9.31. The van der Waals surface area contributed by atoms with E-state index < -0.39 is 0 Å². The van der Waals surface area contributed by atoms with Gasteiger partial charge in [0.2, 0.25) is 0 Å². The standard InChI is InChI=1S/C12H18O3.C9H12.C8H17NO/c1-3-11(13)9-15-8-10-6-4-5-7-12(10)14-2;1-7-5-4-6-8(2)9(7)3;1-3-5-9(6-4-2)7-8-10/h4-7,11,13H,3,8-9H2,1-2H3;4-6H,1-3H3;8H,3-7H2,1-2H3. The normalized spacial score (nSPS) is 11.1. The maximum absolute atomic E-state index is 10.1. The molecule has 0 aromatic heterocycles. The van der Waals surface area contributed by atoms with Crippen molar-refractivity contribution in [1.82, 2.24) is 4.90 Å². The van der Waals surface area contributed by atoms with Crippen molar-refractivity contribution in [1.29, 1.82) is 0 Å². The molecule has 0 amide bonds. The molecule has 2 aromatic rings. The van der Waals surface area contributed by atoms with Gasteiger partial charge >= 0.3 is 0 Å². The minimum Gasteiger partial charge on any atom is -0.496 e. The first-order valence-corrected chi connectivity index (χ1v) is 12.4. The van der Waals surface area contributed by atoms with Gasteiger partial charge in [-0.15, -0.1) is 0 Å². The number of ether oxygens (including phenoxy) is 2. The van der Waals surface area contributed by atoms with Gasteiger partial charge in [0.25, 0.3) is 0 Å². The summed E-state index contributed by atoms with van der Waals surface area (Å²) >= 11 is 0. The molecule has 0 fully saturated rings. The van der Waals surface area contributed by atoms with Crippen LogP contribution in [0.3, 0.4) is 0 Å². The number of aliphatic hydroxyl groups is 1. The first-order chi connectivity index (χ1) is 16.3. The second-order valence-corrected chi connectivity index (χ2v) is 8.37. The smallest absolute Gasteiger partial charge is 0.133 e. The maximum atomic E-state index is 10.1. The molecule has 0 heterocycles. The Kier molecular flexibility index (Phi) is 18.9. The average molecular weight is 474 g/mol. The number of rotatable bonds is 12. The summed E-state index contributed by atoms with van der Waals surface area (Å²) in [5.41, 5.74) is 5.19. The highest BCUT2D eigenvalue weighted by Crippen LogP contribution is 2.18. The van der Waals surface area contributed by atoms with Crippen molar-refractivity contribution in [2.45, 2.75) is 73.5 Å². The summed E-state index contributed by atoms with van der Waals surface area (Å²) < 4.78 is 10.6. The number of aryl methyl sites for hydroxylation is 2. The fraction of sp³-hybridized carbons (Fsp3) is 0.552. The van der Waals surface area contributed by atoms with E-state index in [4.69, 9.17) is 9.47 Å². The highest BCUT2D eigenvalue weighted by Gasteiger charge is 2.04. The average Bonchev–Trinajstić information content (AvgIpc) is 2.84. The molecule has 0 spiro atoms. The van der Waals surface area contributed by atoms with Crippen molar-refractivity contribution in [3.63, 3.8) is 0 Å². The molecule has 0 aliphatic carbocycles. The minimum atomic E-state index is -0.375. The van der Waals surface area contributed by atoms with Gasteiger partial charge < -0.3 is 19.4 Å². The topological polar surface area (TPSA) is 59.0 Å². The van der Waals surface area contributed by atoms with Crippen LogP contribution in [0.15, 0.2) is 42.5 Å². The molecule has 0 bridgehead atoms. The van der Waals surface area contributed by atoms with Gasteiger partial charge in [-0.05, 0) is 75.9 Å². The van der Waals surface area contributed by atoms with E-state index in [9.17, 15) is 9.90 Å². The lowest BCUT2D eigenvalue weighted by Gasteiger charge is -2.16. The van der Waals surface area contributed by atoms with Gasteiger partial charge in [-0.2, -0.15) is 0 Å². The Hall–Kier alpha value is -2.21. The summed E-state index contributed by atoms with van der Waals surface area (Å²) in [6.45, 7) is 16.2. The van der Waals surface area contributed by atoms with Gasteiger partial charge in [-0.25, -0.2) is 0 Å². The number of nitrogens with zero attached hydrogens (tertiary/aromatic N) is 1. The van der Waals surface area contributed by atoms with Crippen LogP contribution in [-0.4, -0.2) is 55.7 Å². The maximum Gasteiger partial charge on any atom is 0.133 e. The van der Waals surface area contributed by atoms with Crippen LogP contribution in [0.25, 0.3) is 0 Å². The molecular weight excluding hydrogens is 426 g/mol. The van der Waals surface area contributed by atoms with Crippen LogP contribution in [0.2, 0.25) is 0 Å². The van der Waals surface area contributed by atoms with E-state index in [1.807, 2.05) is 31.2 Å². The molecular formula is C29H47NO4. The quantitative estimate of drug-likeness (QED) is 0.389. The van der Waals surface area contributed by atoms with Crippen LogP contribution < -0.4 is 4.74 Å². The summed E-state index contributed by atoms with van der Waals surface area (Å²) in [5.74, 6) is 0.823. The number of methoxy groups -OCH3 is 1. The Bertz CT molecular complexity index is 752. The number of hydrogen-bond acceptors (Lipinski definition) is 5. The van der Waals surface area contributed by atoms with Crippen LogP contribution in [0.4, 0.5) is 0 Å². The second kappa shape index (κ2) is 20.2. The van der Waals surface area contributed by atoms with Crippen molar-refractivity contribution in [3.8, 4) is 5.75 Å². The molecule has 1 N–H and O–H groups in total. The van der Waals surface area contributed by atoms with Crippen LogP contribution in [-0.2, 0) is 16.1 Å². The van der Waals surface area contributed by atoms with Gasteiger partial charge in [-0.1, -0.05) is 57.2 Å². The molecule has 0 saturated carbocycles. The molecule has 1 atom stereocenters. The van der Waals surface area contributed by atoms with E-state index in [1.165, 1.54) is 16.7 Å². The van der Waals surface area contributed by atoms with E-state index in [0.717, 1.165) is 43.5 Å². The van der Waals surface area contributed by atoms with Crippen LogP contribution in [0.5, 0.6) is 5.75 Å². The molecule has 34 heavy (non-hydrogen) atoms. The molecule has 192 valence electrons. The van der Waals surface area contributed by atoms with E-state index in [2.05, 4.69) is 57.7 Å². The molecule has 2 aromatic carbocycles. The van der Waals surface area contributed by atoms with E-state index >= 15 is 0 Å². The Balaban J connectivity index is 0.000000503. The molecule has 0 aliphatic heterocycles. The third-order valence-electron chi connectivity index (χ3n) is 5.52. The highest BCUT2D eigenvalue weighted by atomic mass is 16.5. The van der Waals surface area contributed by atoms with E-state index in [0.29, 0.717) is 26.2 Å². The molecule has 0 aliphatic rings. The number of aliphatic hydroxyl groups excluding tert-OH is 1. The lowest BCUT2D eigenvalue weighted by Crippen LogP contribution is -2.27. The predicted molar refractivity (Wildman–Crippen MR) is 143 cm³/mol. The number of para-hydroxylation sites is 1. The number of carbonyl (C=O) groups is 1. The SMILES string of the molecule is CCC(O)COCc1ccccc1OC.CCCN(CC=O)CCC.Cc1cccc(C)c1C. The number of hydrogen-bond donors (Lipinski definition) is 1. The summed E-state index contributed by atoms with van der Waals surface area (Å²) in [4.78, 5) is 12.3. The largest absolute Gasteiger partial charge is 0.496 e. The third-order valence-corrected chi connectivity index (χ3v) is 5.52. The fourth-order valence-electron chi connectivity index (χ4n) is 3.18. The van der Waals surface area contributed by atoms with Crippen molar-refractivity contribution >= 4 is 6.29 Å². The van der Waals surface area contributed by atoms with Crippen molar-refractivity contribution < 1.29 is 19.4 Å². The summed E-state index contributed by atoms with van der Waals surface area (Å²) in [7, 11) is 1.64. The third kappa shape index (κ3) is 14.1. The lowest BCUT2D eigenvalue weighted by atomic mass is 10.1. The Labute approximate surface area is 208 Å². The van der Waals surface area contributed by atoms with E-state index in [1.54, 1.807) is 7.11 Å². The van der Waals surface area contributed by atoms with Crippen LogP contribution >= 0.6 is 0 Å². The monoisotopic (exact) mass is 473 g/mol. The van der Waals surface area contributed by atoms with Gasteiger partial charge in [0, 0.05) is 5.56 Å². The molecule has 5 heteroatoms. The van der Waals surface area contributed by atoms with Crippen molar-refractivity contribution in [2.24, 2.45) is 0 Å². The molecule has 1 unspecified atom stereocenters. The lowest BCUT2D eigenvalue weighted by molar-refractivity contribution is -0.108. The zero-order chi connectivity index (χ0) is 25.8. The number of carbonyl (C=O) groups excluding carboxylic acids is 1. The first-order valence-electron chi connectivity index (χ1n) is 12.4. The van der Waals surface area contributed by atoms with Crippen molar-refractivity contribution in [3.05, 3.63) is 64.7 Å². The zero-order valence-electron chi connectivity index (χ0n) is 22.5. The Morgan fingerprint density at radius 3 is 2.00 bits per heavy atom. The second-order valence-electron chi connectivity index (χ2n) is 8.37. The highest BCUT2D eigenvalue weighted by molar-refractivity contribution is 5.51. The Morgan fingerprint density at radius 2 is 1.53 bits per heavy atom. The van der Waals surface area contributed by atoms with Crippen LogP contribution in [0.1, 0.15) is 62.3 Å². The number of benzene rings is 2. The van der Waals surface area contributed by atoms with Gasteiger partial charge in [-0.3, -0.25) is 4.90 Å². The van der Waals surface area contributed by atoms with E-state index in [-0.39, 0.29) is 6.10 Å². The predicted octanol–water partition coefficient (Wildman–Crippen LogP) is 5.90. The Morgan fingerprint density at radius 1 is 0.941 bits per heavy atom. The van der Waals surface area contributed by atoms with Crippen molar-refractivity contribution in [2.75, 3.05) is 33.4 Å². The molecule has 2 rings (SSSR count). The molecule has 0 saturated heterocycles. The zero-order valence-corrected chi connectivity index (χ0v) is 22.5. The summed E-state index contributed by atoms with van der Waals surface area (Å²) in [6.07, 6.45) is 3.58. The number of aldehydes is 1. The minimum absolute atomic E-state index is 0.370. The molecule has 5 nitrogen and oxygen atoms in total. The van der Waals surface area contributed by atoms with Crippen LogP contribution in [0, 0.1) is 20.8 Å². The summed E-state index contributed by atoms with van der Waals surface area (Å²) in [6, 6.07) is 14.1. The first kappa shape index (κ1) is 31.8. The molecule has 0 radical (unpaired) electrons. The van der Waals surface area contributed by atoms with Gasteiger partial charge in [0.05, 0.1) is 33.0 Å². The van der Waals surface area contributed by atoms with Gasteiger partial charge in [0.1, 0.15) is 12.0 Å². The fourth-order valence-corrected chi connectivity index (χ4v) is 3.18. The van der Waals surface area contributed by atoms with Gasteiger partial charge in [0.15, 0.2) is 0 Å².